The van der Waals surface area contributed by atoms with Gasteiger partial charge in [-0.1, -0.05) is 24.3 Å². The van der Waals surface area contributed by atoms with Gasteiger partial charge in [0.05, 0.1) is 12.1 Å². The topological polar surface area (TPSA) is 75.4 Å². The number of amides is 1. The fourth-order valence-corrected chi connectivity index (χ4v) is 2.74. The molecule has 0 bridgehead atoms. The Morgan fingerprint density at radius 2 is 1.92 bits per heavy atom. The predicted molar refractivity (Wildman–Crippen MR) is 91.2 cm³/mol. The maximum absolute atomic E-state index is 12.2. The highest BCUT2D eigenvalue weighted by atomic mass is 16.6. The minimum absolute atomic E-state index is 0.128. The van der Waals surface area contributed by atoms with Crippen molar-refractivity contribution in [1.82, 2.24) is 10.4 Å². The smallest absolute Gasteiger partial charge is 0.242 e. The quantitative estimate of drug-likeness (QED) is 0.645. The maximum atomic E-state index is 12.2. The first-order valence-corrected chi connectivity index (χ1v) is 7.79. The largest absolute Gasteiger partial charge is 0.486 e. The number of benzene rings is 2. The number of carbonyl (C=O) groups is 1. The van der Waals surface area contributed by atoms with Crippen LogP contribution in [0.15, 0.2) is 48.7 Å². The Hall–Kier alpha value is -3.15. The lowest BCUT2D eigenvalue weighted by Crippen LogP contribution is -2.30. The molecule has 2 aromatic carbocycles. The fourth-order valence-electron chi connectivity index (χ4n) is 2.74. The molecule has 24 heavy (non-hydrogen) atoms. The number of rotatable bonds is 4. The second-order valence-corrected chi connectivity index (χ2v) is 5.58. The number of anilines is 1. The normalized spacial score (nSPS) is 12.8. The lowest BCUT2D eigenvalue weighted by Gasteiger charge is -2.18. The van der Waals surface area contributed by atoms with Crippen LogP contribution in [0, 0.1) is 0 Å². The minimum Gasteiger partial charge on any atom is -0.486 e. The zero-order chi connectivity index (χ0) is 16.4. The van der Waals surface area contributed by atoms with Crippen molar-refractivity contribution in [2.24, 2.45) is 0 Å². The molecule has 0 aliphatic carbocycles. The number of carbonyl (C=O) groups excluding carboxylic acids is 1. The van der Waals surface area contributed by atoms with Gasteiger partial charge in [0.25, 0.3) is 0 Å². The van der Waals surface area contributed by atoms with E-state index in [0.717, 1.165) is 27.9 Å². The van der Waals surface area contributed by atoms with Gasteiger partial charge in [-0.05, 0) is 23.8 Å². The van der Waals surface area contributed by atoms with Gasteiger partial charge < -0.3 is 14.5 Å². The van der Waals surface area contributed by atoms with Gasteiger partial charge >= 0.3 is 0 Å². The van der Waals surface area contributed by atoms with E-state index in [-0.39, 0.29) is 12.3 Å². The van der Waals surface area contributed by atoms with Crippen LogP contribution in [0.2, 0.25) is 0 Å². The molecule has 6 heteroatoms. The van der Waals surface area contributed by atoms with Crippen molar-refractivity contribution >= 4 is 22.5 Å². The van der Waals surface area contributed by atoms with Gasteiger partial charge in [0.2, 0.25) is 5.91 Å². The van der Waals surface area contributed by atoms with Crippen molar-refractivity contribution in [2.45, 2.75) is 6.42 Å². The van der Waals surface area contributed by atoms with Crippen LogP contribution in [0.25, 0.3) is 10.9 Å². The van der Waals surface area contributed by atoms with Crippen LogP contribution in [0.3, 0.4) is 0 Å². The summed E-state index contributed by atoms with van der Waals surface area (Å²) in [6.07, 6.45) is 2.08. The van der Waals surface area contributed by atoms with Crippen LogP contribution in [0.4, 0.5) is 5.69 Å². The van der Waals surface area contributed by atoms with Crippen LogP contribution < -0.4 is 20.3 Å². The second kappa shape index (κ2) is 6.16. The van der Waals surface area contributed by atoms with Crippen LogP contribution in [-0.2, 0) is 11.2 Å². The van der Waals surface area contributed by atoms with Crippen molar-refractivity contribution in [2.75, 3.05) is 18.6 Å². The molecule has 2 heterocycles. The Balaban J connectivity index is 1.40. The summed E-state index contributed by atoms with van der Waals surface area (Å²) in [5.74, 6) is 1.29. The zero-order valence-electron chi connectivity index (χ0n) is 13.0. The van der Waals surface area contributed by atoms with E-state index >= 15 is 0 Å². The molecule has 4 rings (SSSR count). The summed E-state index contributed by atoms with van der Waals surface area (Å²) in [7, 11) is 0. The number of hydrogen-bond acceptors (Lipinski definition) is 4. The molecule has 1 aromatic heterocycles. The van der Waals surface area contributed by atoms with E-state index < -0.39 is 0 Å². The Morgan fingerprint density at radius 3 is 2.83 bits per heavy atom. The Kier molecular flexibility index (Phi) is 3.70. The third-order valence-corrected chi connectivity index (χ3v) is 3.90. The van der Waals surface area contributed by atoms with E-state index in [1.807, 2.05) is 48.7 Å². The van der Waals surface area contributed by atoms with Gasteiger partial charge in [0.1, 0.15) is 13.2 Å². The van der Waals surface area contributed by atoms with Crippen molar-refractivity contribution < 1.29 is 14.3 Å². The molecule has 0 radical (unpaired) electrons. The van der Waals surface area contributed by atoms with Gasteiger partial charge in [-0.25, -0.2) is 0 Å². The molecular formula is C18H17N3O3. The lowest BCUT2D eigenvalue weighted by molar-refractivity contribution is -0.119. The van der Waals surface area contributed by atoms with Crippen LogP contribution >= 0.6 is 0 Å². The zero-order valence-corrected chi connectivity index (χ0v) is 13.0. The maximum Gasteiger partial charge on any atom is 0.242 e. The number of H-pyrrole nitrogens is 1. The number of hydrogen-bond donors (Lipinski definition) is 3. The van der Waals surface area contributed by atoms with Crippen molar-refractivity contribution in [3.63, 3.8) is 0 Å². The van der Waals surface area contributed by atoms with Crippen molar-refractivity contribution in [1.29, 1.82) is 0 Å². The van der Waals surface area contributed by atoms with Gasteiger partial charge in [-0.3, -0.25) is 15.6 Å². The summed E-state index contributed by atoms with van der Waals surface area (Å²) in [5.41, 5.74) is 8.41. The fraction of sp³-hybridized carbons (Fsp3) is 0.167. The summed E-state index contributed by atoms with van der Waals surface area (Å²) < 4.78 is 11.0. The highest BCUT2D eigenvalue weighted by molar-refractivity contribution is 5.93. The molecule has 6 nitrogen and oxygen atoms in total. The number of hydrazine groups is 1. The van der Waals surface area contributed by atoms with E-state index in [4.69, 9.17) is 9.47 Å². The molecule has 0 saturated heterocycles. The molecule has 0 spiro atoms. The second-order valence-electron chi connectivity index (χ2n) is 5.58. The first-order valence-electron chi connectivity index (χ1n) is 7.79. The average Bonchev–Trinajstić information content (AvgIpc) is 3.03. The summed E-state index contributed by atoms with van der Waals surface area (Å²) in [6, 6.07) is 13.4. The minimum atomic E-state index is -0.128. The standard InChI is InChI=1S/C18H17N3O3/c22-18(10-12-5-6-16-17(9-12)24-8-7-23-16)21-20-15-11-19-14-4-2-1-3-13(14)15/h1-6,9,11,19-20H,7-8,10H2,(H,21,22). The monoisotopic (exact) mass is 323 g/mol. The summed E-state index contributed by atoms with van der Waals surface area (Å²) in [5, 5.41) is 1.03. The van der Waals surface area contributed by atoms with E-state index in [1.54, 1.807) is 0 Å². The molecule has 3 N–H and O–H groups in total. The average molecular weight is 323 g/mol. The summed E-state index contributed by atoms with van der Waals surface area (Å²) in [4.78, 5) is 15.3. The number of para-hydroxylation sites is 1. The van der Waals surface area contributed by atoms with Crippen LogP contribution in [0.5, 0.6) is 11.5 Å². The highest BCUT2D eigenvalue weighted by Crippen LogP contribution is 2.30. The highest BCUT2D eigenvalue weighted by Gasteiger charge is 2.13. The Bertz CT molecular complexity index is 888. The molecule has 0 atom stereocenters. The van der Waals surface area contributed by atoms with Gasteiger partial charge in [-0.2, -0.15) is 0 Å². The lowest BCUT2D eigenvalue weighted by atomic mass is 10.1. The summed E-state index contributed by atoms with van der Waals surface area (Å²) >= 11 is 0. The molecular weight excluding hydrogens is 306 g/mol. The van der Waals surface area contributed by atoms with E-state index in [2.05, 4.69) is 15.8 Å². The van der Waals surface area contributed by atoms with Gasteiger partial charge in [-0.15, -0.1) is 0 Å². The molecule has 122 valence electrons. The summed E-state index contributed by atoms with van der Waals surface area (Å²) in [6.45, 7) is 1.09. The Morgan fingerprint density at radius 1 is 1.08 bits per heavy atom. The number of aromatic amines is 1. The molecule has 1 aliphatic rings. The SMILES string of the molecule is O=C(Cc1ccc2c(c1)OCCO2)NNc1c[nH]c2ccccc12. The molecule has 0 unspecified atom stereocenters. The molecule has 0 fully saturated rings. The van der Waals surface area contributed by atoms with Gasteiger partial charge in [0, 0.05) is 17.1 Å². The van der Waals surface area contributed by atoms with E-state index in [0.29, 0.717) is 19.0 Å². The molecule has 1 amide bonds. The molecule has 1 aliphatic heterocycles. The predicted octanol–water partition coefficient (Wildman–Crippen LogP) is 2.62. The molecule has 0 saturated carbocycles. The van der Waals surface area contributed by atoms with Crippen LogP contribution in [0.1, 0.15) is 5.56 Å². The number of aromatic nitrogens is 1. The van der Waals surface area contributed by atoms with Gasteiger partial charge in [0.15, 0.2) is 11.5 Å². The first kappa shape index (κ1) is 14.4. The van der Waals surface area contributed by atoms with E-state index in [1.165, 1.54) is 0 Å². The number of ether oxygens (including phenoxy) is 2. The molecule has 3 aromatic rings. The number of nitrogens with one attached hydrogen (secondary N) is 3. The van der Waals surface area contributed by atoms with E-state index in [9.17, 15) is 4.79 Å². The first-order chi connectivity index (χ1) is 11.8. The number of fused-ring (bicyclic) bond motifs is 2. The Labute approximate surface area is 138 Å². The van der Waals surface area contributed by atoms with Crippen LogP contribution in [-0.4, -0.2) is 24.1 Å². The van der Waals surface area contributed by atoms with Crippen molar-refractivity contribution in [3.8, 4) is 11.5 Å². The van der Waals surface area contributed by atoms with Crippen molar-refractivity contribution in [3.05, 3.63) is 54.2 Å². The third kappa shape index (κ3) is 2.86. The third-order valence-electron chi connectivity index (χ3n) is 3.90.